The van der Waals surface area contributed by atoms with Gasteiger partial charge in [0.15, 0.2) is 0 Å². The first kappa shape index (κ1) is 21.6. The van der Waals surface area contributed by atoms with Crippen LogP contribution in [0.25, 0.3) is 0 Å². The van der Waals surface area contributed by atoms with E-state index < -0.39 is 0 Å². The molecule has 30 heavy (non-hydrogen) atoms. The molecule has 0 aliphatic rings. The van der Waals surface area contributed by atoms with Crippen LogP contribution in [0.2, 0.25) is 5.02 Å². The number of carbonyl (C=O) groups is 1. The van der Waals surface area contributed by atoms with Crippen LogP contribution in [0.1, 0.15) is 30.5 Å². The monoisotopic (exact) mass is 421 g/mol. The zero-order valence-corrected chi connectivity index (χ0v) is 17.8. The van der Waals surface area contributed by atoms with Gasteiger partial charge in [-0.2, -0.15) is 10.4 Å². The molecule has 0 aliphatic heterocycles. The first-order chi connectivity index (χ1) is 14.5. The third-order valence-electron chi connectivity index (χ3n) is 4.81. The molecule has 1 aromatic heterocycles. The van der Waals surface area contributed by atoms with Gasteiger partial charge in [0.2, 0.25) is 5.91 Å². The van der Waals surface area contributed by atoms with Crippen molar-refractivity contribution < 1.29 is 4.79 Å². The minimum Gasteiger partial charge on any atom is -0.310 e. The molecule has 0 saturated carbocycles. The Hall–Kier alpha value is -3.14. The highest BCUT2D eigenvalue weighted by molar-refractivity contribution is 6.31. The third kappa shape index (κ3) is 5.69. The summed E-state index contributed by atoms with van der Waals surface area (Å²) in [7, 11) is 0. The Morgan fingerprint density at radius 2 is 1.93 bits per heavy atom. The molecular weight excluding hydrogens is 398 g/mol. The maximum Gasteiger partial charge on any atom is 0.239 e. The van der Waals surface area contributed by atoms with Crippen LogP contribution >= 0.6 is 11.6 Å². The molecule has 0 spiro atoms. The van der Waals surface area contributed by atoms with Gasteiger partial charge in [-0.1, -0.05) is 41.9 Å². The lowest BCUT2D eigenvalue weighted by molar-refractivity contribution is -0.117. The third-order valence-corrected chi connectivity index (χ3v) is 5.18. The van der Waals surface area contributed by atoms with Crippen molar-refractivity contribution in [3.05, 3.63) is 82.5 Å². The van der Waals surface area contributed by atoms with Crippen LogP contribution in [0, 0.1) is 11.3 Å². The van der Waals surface area contributed by atoms with Gasteiger partial charge in [0.05, 0.1) is 30.9 Å². The Morgan fingerprint density at radius 1 is 1.20 bits per heavy atom. The zero-order valence-electron chi connectivity index (χ0n) is 17.0. The fourth-order valence-electron chi connectivity index (χ4n) is 3.06. The molecule has 1 heterocycles. The van der Waals surface area contributed by atoms with Gasteiger partial charge in [-0.05, 0) is 43.2 Å². The second-order valence-corrected chi connectivity index (χ2v) is 7.73. The number of rotatable bonds is 8. The molecule has 3 rings (SSSR count). The van der Waals surface area contributed by atoms with Crippen molar-refractivity contribution in [2.45, 2.75) is 33.0 Å². The van der Waals surface area contributed by atoms with Gasteiger partial charge in [0, 0.05) is 23.7 Å². The fourth-order valence-corrected chi connectivity index (χ4v) is 3.26. The second kappa shape index (κ2) is 10.1. The molecule has 7 heteroatoms. The number of aromatic nitrogens is 2. The van der Waals surface area contributed by atoms with Crippen LogP contribution in [0.15, 0.2) is 60.8 Å². The van der Waals surface area contributed by atoms with Crippen LogP contribution < -0.4 is 5.32 Å². The number of benzene rings is 2. The van der Waals surface area contributed by atoms with E-state index in [1.165, 1.54) is 0 Å². The second-order valence-electron chi connectivity index (χ2n) is 7.32. The first-order valence-corrected chi connectivity index (χ1v) is 10.1. The van der Waals surface area contributed by atoms with E-state index in [2.05, 4.69) is 35.2 Å². The van der Waals surface area contributed by atoms with Crippen LogP contribution in [0.4, 0.5) is 5.82 Å². The van der Waals surface area contributed by atoms with Gasteiger partial charge < -0.3 is 5.32 Å². The van der Waals surface area contributed by atoms with Crippen molar-refractivity contribution in [3.63, 3.8) is 0 Å². The first-order valence-electron chi connectivity index (χ1n) is 9.74. The van der Waals surface area contributed by atoms with Crippen LogP contribution in [-0.4, -0.2) is 33.2 Å². The summed E-state index contributed by atoms with van der Waals surface area (Å²) in [5.41, 5.74) is 2.61. The summed E-state index contributed by atoms with van der Waals surface area (Å²) < 4.78 is 1.72. The summed E-state index contributed by atoms with van der Waals surface area (Å²) in [5.74, 6) is 0.514. The van der Waals surface area contributed by atoms with Crippen molar-refractivity contribution in [1.82, 2.24) is 14.7 Å². The van der Waals surface area contributed by atoms with Crippen molar-refractivity contribution in [1.29, 1.82) is 5.26 Å². The van der Waals surface area contributed by atoms with Crippen LogP contribution in [0.5, 0.6) is 0 Å². The lowest BCUT2D eigenvalue weighted by Crippen LogP contribution is -2.37. The predicted octanol–water partition coefficient (Wildman–Crippen LogP) is 4.31. The molecule has 1 amide bonds. The van der Waals surface area contributed by atoms with E-state index in [4.69, 9.17) is 16.9 Å². The fraction of sp³-hybridized carbons (Fsp3) is 0.261. The minimum atomic E-state index is -0.113. The normalized spacial score (nSPS) is 10.9. The van der Waals surface area contributed by atoms with E-state index in [1.807, 2.05) is 36.4 Å². The summed E-state index contributed by atoms with van der Waals surface area (Å²) in [4.78, 5) is 14.8. The molecule has 0 unspecified atom stereocenters. The number of nitrogens with one attached hydrogen (secondary N) is 1. The van der Waals surface area contributed by atoms with Gasteiger partial charge in [-0.25, -0.2) is 4.68 Å². The highest BCUT2D eigenvalue weighted by Crippen LogP contribution is 2.18. The Kier molecular flexibility index (Phi) is 7.23. The summed E-state index contributed by atoms with van der Waals surface area (Å²) in [5, 5.41) is 16.9. The number of nitriles is 1. The Labute approximate surface area is 181 Å². The lowest BCUT2D eigenvalue weighted by atomic mass is 10.1. The largest absolute Gasteiger partial charge is 0.310 e. The number of amides is 1. The number of hydrogen-bond acceptors (Lipinski definition) is 4. The van der Waals surface area contributed by atoms with Crippen molar-refractivity contribution in [2.24, 2.45) is 0 Å². The molecule has 0 atom stereocenters. The van der Waals surface area contributed by atoms with Gasteiger partial charge in [-0.3, -0.25) is 9.69 Å². The summed E-state index contributed by atoms with van der Waals surface area (Å²) in [6, 6.07) is 19.1. The van der Waals surface area contributed by atoms with E-state index >= 15 is 0 Å². The van der Waals surface area contributed by atoms with Gasteiger partial charge in [0.1, 0.15) is 5.82 Å². The standard InChI is InChI=1S/C23H24ClN5O/c1-17(2)28(14-19-9-7-18(13-25)8-10-19)16-23(30)27-22-11-12-26-29(22)15-20-5-3-4-6-21(20)24/h3-12,17H,14-16H2,1-2H3,(H,27,30). The molecule has 0 radical (unpaired) electrons. The maximum atomic E-state index is 12.7. The number of anilines is 1. The topological polar surface area (TPSA) is 74.0 Å². The number of hydrogen-bond donors (Lipinski definition) is 1. The quantitative estimate of drug-likeness (QED) is 0.588. The van der Waals surface area contributed by atoms with E-state index in [0.29, 0.717) is 29.5 Å². The Bertz CT molecular complexity index is 1040. The van der Waals surface area contributed by atoms with Crippen molar-refractivity contribution >= 4 is 23.3 Å². The average molecular weight is 422 g/mol. The molecule has 6 nitrogen and oxygen atoms in total. The average Bonchev–Trinajstić information content (AvgIpc) is 3.16. The maximum absolute atomic E-state index is 12.7. The van der Waals surface area contributed by atoms with E-state index in [9.17, 15) is 4.79 Å². The molecular formula is C23H24ClN5O. The molecule has 0 aliphatic carbocycles. The van der Waals surface area contributed by atoms with Crippen molar-refractivity contribution in [2.75, 3.05) is 11.9 Å². The molecule has 0 bridgehead atoms. The molecule has 0 saturated heterocycles. The lowest BCUT2D eigenvalue weighted by Gasteiger charge is -2.26. The number of halogens is 1. The summed E-state index contributed by atoms with van der Waals surface area (Å²) in [6.07, 6.45) is 1.66. The molecule has 0 fully saturated rings. The van der Waals surface area contributed by atoms with E-state index in [0.717, 1.165) is 11.1 Å². The summed E-state index contributed by atoms with van der Waals surface area (Å²) >= 11 is 6.25. The highest BCUT2D eigenvalue weighted by Gasteiger charge is 2.16. The number of carbonyl (C=O) groups excluding carboxylic acids is 1. The molecule has 154 valence electrons. The van der Waals surface area contributed by atoms with E-state index in [-0.39, 0.29) is 18.5 Å². The van der Waals surface area contributed by atoms with Gasteiger partial charge in [-0.15, -0.1) is 0 Å². The molecule has 1 N–H and O–H groups in total. The van der Waals surface area contributed by atoms with Gasteiger partial charge in [0.25, 0.3) is 0 Å². The smallest absolute Gasteiger partial charge is 0.239 e. The van der Waals surface area contributed by atoms with Gasteiger partial charge >= 0.3 is 0 Å². The highest BCUT2D eigenvalue weighted by atomic mass is 35.5. The van der Waals surface area contributed by atoms with Crippen LogP contribution in [0.3, 0.4) is 0 Å². The number of nitrogens with zero attached hydrogens (tertiary/aromatic N) is 4. The van der Waals surface area contributed by atoms with Crippen LogP contribution in [-0.2, 0) is 17.9 Å². The minimum absolute atomic E-state index is 0.113. The Balaban J connectivity index is 1.64. The molecule has 2 aromatic carbocycles. The van der Waals surface area contributed by atoms with Crippen molar-refractivity contribution in [3.8, 4) is 6.07 Å². The Morgan fingerprint density at radius 3 is 2.60 bits per heavy atom. The summed E-state index contributed by atoms with van der Waals surface area (Å²) in [6.45, 7) is 5.45. The zero-order chi connectivity index (χ0) is 21.5. The predicted molar refractivity (Wildman–Crippen MR) is 118 cm³/mol. The van der Waals surface area contributed by atoms with E-state index in [1.54, 1.807) is 29.1 Å². The SMILES string of the molecule is CC(C)N(CC(=O)Nc1ccnn1Cc1ccccc1Cl)Cc1ccc(C#N)cc1. The molecule has 3 aromatic rings.